The molecule has 152 valence electrons. The summed E-state index contributed by atoms with van der Waals surface area (Å²) in [5, 5.41) is 10.1. The van der Waals surface area contributed by atoms with Crippen molar-refractivity contribution in [2.75, 3.05) is 6.26 Å². The molecule has 6 nitrogen and oxygen atoms in total. The highest BCUT2D eigenvalue weighted by Crippen LogP contribution is 2.25. The minimum Gasteiger partial charge on any atom is -0.337 e. The second-order valence-electron chi connectivity index (χ2n) is 6.96. The van der Waals surface area contributed by atoms with Gasteiger partial charge in [0.1, 0.15) is 6.54 Å². The van der Waals surface area contributed by atoms with Crippen LogP contribution in [0.25, 0.3) is 33.4 Å². The van der Waals surface area contributed by atoms with Crippen molar-refractivity contribution >= 4 is 22.5 Å². The van der Waals surface area contributed by atoms with Gasteiger partial charge in [-0.1, -0.05) is 53.7 Å². The molecule has 0 amide bonds. The minimum absolute atomic E-state index is 0.0966. The van der Waals surface area contributed by atoms with Gasteiger partial charge in [-0.3, -0.25) is 4.79 Å². The number of hydrogen-bond donors (Lipinski definition) is 0. The van der Waals surface area contributed by atoms with Gasteiger partial charge in [-0.05, 0) is 36.6 Å². The fraction of sp³-hybridized carbons (Fsp3) is 0.0833. The first kappa shape index (κ1) is 19.3. The monoisotopic (exact) mass is 426 g/mol. The van der Waals surface area contributed by atoms with E-state index in [4.69, 9.17) is 4.52 Å². The zero-order chi connectivity index (χ0) is 21.2. The number of aromatic nitrogens is 4. The van der Waals surface area contributed by atoms with Crippen LogP contribution in [0.15, 0.2) is 93.1 Å². The Morgan fingerprint density at radius 3 is 2.32 bits per heavy atom. The minimum atomic E-state index is -0.195. The summed E-state index contributed by atoms with van der Waals surface area (Å²) in [6, 6.07) is 25.2. The summed E-state index contributed by atoms with van der Waals surface area (Å²) in [6.45, 7) is 0.0966. The highest BCUT2D eigenvalue weighted by atomic mass is 32.2. The molecular formula is C24H18N4O2S. The fourth-order valence-electron chi connectivity index (χ4n) is 3.46. The third-order valence-corrected chi connectivity index (χ3v) is 5.76. The Labute approximate surface area is 182 Å². The van der Waals surface area contributed by atoms with Gasteiger partial charge >= 0.3 is 0 Å². The van der Waals surface area contributed by atoms with Crippen molar-refractivity contribution in [1.29, 1.82) is 0 Å². The quantitative estimate of drug-likeness (QED) is 0.373. The number of hydrogen-bond acceptors (Lipinski definition) is 6. The van der Waals surface area contributed by atoms with Crippen molar-refractivity contribution in [3.63, 3.8) is 0 Å². The predicted octanol–water partition coefficient (Wildman–Crippen LogP) is 4.88. The van der Waals surface area contributed by atoms with Gasteiger partial charge in [-0.15, -0.1) is 11.8 Å². The molecule has 5 rings (SSSR count). The van der Waals surface area contributed by atoms with Crippen molar-refractivity contribution in [2.24, 2.45) is 0 Å². The molecule has 2 aromatic heterocycles. The molecule has 0 bridgehead atoms. The lowest BCUT2D eigenvalue weighted by Gasteiger charge is -2.09. The lowest BCUT2D eigenvalue weighted by atomic mass is 10.1. The molecule has 31 heavy (non-hydrogen) atoms. The van der Waals surface area contributed by atoms with E-state index in [9.17, 15) is 4.79 Å². The highest BCUT2D eigenvalue weighted by Gasteiger charge is 2.15. The van der Waals surface area contributed by atoms with Crippen LogP contribution in [0, 0.1) is 0 Å². The second kappa shape index (κ2) is 8.20. The van der Waals surface area contributed by atoms with Gasteiger partial charge in [0, 0.05) is 21.4 Å². The van der Waals surface area contributed by atoms with Crippen LogP contribution in [0.4, 0.5) is 0 Å². The first-order valence-corrected chi connectivity index (χ1v) is 11.0. The molecule has 0 spiro atoms. The largest absolute Gasteiger partial charge is 0.337 e. The molecule has 0 aliphatic heterocycles. The van der Waals surface area contributed by atoms with Gasteiger partial charge in [0.05, 0.1) is 11.1 Å². The molecule has 5 aromatic rings. The molecule has 0 saturated heterocycles. The van der Waals surface area contributed by atoms with Gasteiger partial charge in [-0.2, -0.15) is 10.1 Å². The maximum absolute atomic E-state index is 13.1. The zero-order valence-corrected chi connectivity index (χ0v) is 17.5. The molecule has 0 aliphatic rings. The summed E-state index contributed by atoms with van der Waals surface area (Å²) in [7, 11) is 0. The summed E-state index contributed by atoms with van der Waals surface area (Å²) in [5.74, 6) is 0.813. The Balaban J connectivity index is 1.55. The van der Waals surface area contributed by atoms with E-state index in [1.807, 2.05) is 85.1 Å². The number of rotatable bonds is 5. The molecule has 3 aromatic carbocycles. The van der Waals surface area contributed by atoms with Gasteiger partial charge in [-0.25, -0.2) is 4.68 Å². The van der Waals surface area contributed by atoms with E-state index in [0.29, 0.717) is 17.1 Å². The summed E-state index contributed by atoms with van der Waals surface area (Å²) in [4.78, 5) is 18.7. The van der Waals surface area contributed by atoms with Crippen LogP contribution in [-0.2, 0) is 6.54 Å². The van der Waals surface area contributed by atoms with E-state index < -0.39 is 0 Å². The molecule has 0 N–H and O–H groups in total. The zero-order valence-electron chi connectivity index (χ0n) is 16.7. The third-order valence-electron chi connectivity index (χ3n) is 5.02. The second-order valence-corrected chi connectivity index (χ2v) is 7.84. The molecule has 0 unspecified atom stereocenters. The Bertz CT molecular complexity index is 1410. The topological polar surface area (TPSA) is 73.8 Å². The lowest BCUT2D eigenvalue weighted by Crippen LogP contribution is -2.24. The van der Waals surface area contributed by atoms with E-state index >= 15 is 0 Å². The van der Waals surface area contributed by atoms with Crippen molar-refractivity contribution < 1.29 is 4.52 Å². The Hall–Kier alpha value is -3.71. The van der Waals surface area contributed by atoms with Crippen LogP contribution in [-0.4, -0.2) is 26.2 Å². The van der Waals surface area contributed by atoms with Crippen LogP contribution in [0.3, 0.4) is 0 Å². The number of benzene rings is 3. The molecule has 0 fully saturated rings. The molecule has 7 heteroatoms. The first-order valence-electron chi connectivity index (χ1n) is 9.75. The smallest absolute Gasteiger partial charge is 0.275 e. The third kappa shape index (κ3) is 3.75. The van der Waals surface area contributed by atoms with Crippen LogP contribution in [0.1, 0.15) is 5.89 Å². The van der Waals surface area contributed by atoms with Gasteiger partial charge < -0.3 is 4.52 Å². The van der Waals surface area contributed by atoms with Crippen LogP contribution in [0.5, 0.6) is 0 Å². The van der Waals surface area contributed by atoms with E-state index in [0.717, 1.165) is 27.1 Å². The van der Waals surface area contributed by atoms with Gasteiger partial charge in [0.25, 0.3) is 5.56 Å². The van der Waals surface area contributed by atoms with Crippen molar-refractivity contribution in [3.05, 3.63) is 95.1 Å². The average Bonchev–Trinajstić information content (AvgIpc) is 3.30. The van der Waals surface area contributed by atoms with Crippen LogP contribution >= 0.6 is 11.8 Å². The Kier molecular flexibility index (Phi) is 5.09. The number of thioether (sulfide) groups is 1. The standard InChI is InChI=1S/C24H18N4O2S/c1-31-18-13-11-17(12-14-18)23-25-21(30-27-23)15-28-24(29)20-10-6-5-9-19(20)22(26-28)16-7-3-2-4-8-16/h2-14H,15H2,1H3. The molecular weight excluding hydrogens is 408 g/mol. The molecule has 0 radical (unpaired) electrons. The number of nitrogens with zero attached hydrogens (tertiary/aromatic N) is 4. The SMILES string of the molecule is CSc1ccc(-c2noc(Cn3nc(-c4ccccc4)c4ccccc4c3=O)n2)cc1. The summed E-state index contributed by atoms with van der Waals surface area (Å²) >= 11 is 1.67. The summed E-state index contributed by atoms with van der Waals surface area (Å²) < 4.78 is 6.81. The van der Waals surface area contributed by atoms with E-state index in [1.54, 1.807) is 11.8 Å². The summed E-state index contributed by atoms with van der Waals surface area (Å²) in [6.07, 6.45) is 2.03. The maximum Gasteiger partial charge on any atom is 0.275 e. The average molecular weight is 427 g/mol. The van der Waals surface area contributed by atoms with Crippen LogP contribution < -0.4 is 5.56 Å². The molecule has 2 heterocycles. The molecule has 0 saturated carbocycles. The van der Waals surface area contributed by atoms with Crippen molar-refractivity contribution in [2.45, 2.75) is 11.4 Å². The highest BCUT2D eigenvalue weighted by molar-refractivity contribution is 7.98. The van der Waals surface area contributed by atoms with Gasteiger partial charge in [0.2, 0.25) is 11.7 Å². The predicted molar refractivity (Wildman–Crippen MR) is 122 cm³/mol. The van der Waals surface area contributed by atoms with E-state index in [-0.39, 0.29) is 12.1 Å². The molecule has 0 atom stereocenters. The van der Waals surface area contributed by atoms with Gasteiger partial charge in [0.15, 0.2) is 0 Å². The van der Waals surface area contributed by atoms with E-state index in [2.05, 4.69) is 15.2 Å². The van der Waals surface area contributed by atoms with Crippen molar-refractivity contribution in [3.8, 4) is 22.6 Å². The lowest BCUT2D eigenvalue weighted by molar-refractivity contribution is 0.364. The molecule has 0 aliphatic carbocycles. The van der Waals surface area contributed by atoms with Crippen molar-refractivity contribution in [1.82, 2.24) is 19.9 Å². The number of fused-ring (bicyclic) bond motifs is 1. The Morgan fingerprint density at radius 1 is 0.871 bits per heavy atom. The Morgan fingerprint density at radius 2 is 1.58 bits per heavy atom. The summed E-state index contributed by atoms with van der Waals surface area (Å²) in [5.41, 5.74) is 2.34. The maximum atomic E-state index is 13.1. The van der Waals surface area contributed by atoms with Crippen LogP contribution in [0.2, 0.25) is 0 Å². The first-order chi connectivity index (χ1) is 15.2. The fourth-order valence-corrected chi connectivity index (χ4v) is 3.86. The normalized spacial score (nSPS) is 11.1. The van der Waals surface area contributed by atoms with E-state index in [1.165, 1.54) is 4.68 Å².